The van der Waals surface area contributed by atoms with Crippen LogP contribution in [0.15, 0.2) is 97.3 Å². The van der Waals surface area contributed by atoms with Gasteiger partial charge in [0.2, 0.25) is 0 Å². The Morgan fingerprint density at radius 2 is 1.38 bits per heavy atom. The molecule has 5 aromatic rings. The molecule has 0 saturated carbocycles. The second-order valence-electron chi connectivity index (χ2n) is 11.1. The quantitative estimate of drug-likeness (QED) is 0.192. The number of hydrogen-bond acceptors (Lipinski definition) is 10. The van der Waals surface area contributed by atoms with Crippen LogP contribution in [-0.4, -0.2) is 39.7 Å². The molecule has 0 aliphatic heterocycles. The first kappa shape index (κ1) is 30.1. The fourth-order valence-corrected chi connectivity index (χ4v) is 5.59. The van der Waals surface area contributed by atoms with E-state index in [1.54, 1.807) is 7.11 Å². The number of phenols is 1. The largest absolute Gasteiger partial charge is 0.508 e. The molecule has 0 radical (unpaired) electrons. The van der Waals surface area contributed by atoms with Crippen LogP contribution in [0.2, 0.25) is 0 Å². The molecule has 2 heterocycles. The number of aryl methyl sites for hydroxylation is 4. The normalized spacial score (nSPS) is 19.3. The number of fused-ring (bicyclic) bond motifs is 2. The fourth-order valence-electron chi connectivity index (χ4n) is 5.59. The Morgan fingerprint density at radius 1 is 0.733 bits per heavy atom. The lowest BCUT2D eigenvalue weighted by Crippen LogP contribution is -2.46. The first-order valence-electron chi connectivity index (χ1n) is 14.6. The lowest BCUT2D eigenvalue weighted by atomic mass is 9.87. The third kappa shape index (κ3) is 6.21. The second kappa shape index (κ2) is 12.6. The van der Waals surface area contributed by atoms with Crippen LogP contribution < -0.4 is 20.3 Å². The van der Waals surface area contributed by atoms with Crippen molar-refractivity contribution in [1.82, 2.24) is 0 Å². The average molecular weight is 613 g/mol. The molecule has 45 heavy (non-hydrogen) atoms. The van der Waals surface area contributed by atoms with Gasteiger partial charge < -0.3 is 38.7 Å². The highest BCUT2D eigenvalue weighted by Crippen LogP contribution is 2.41. The first-order chi connectivity index (χ1) is 21.7. The average Bonchev–Trinajstić information content (AvgIpc) is 3.04. The van der Waals surface area contributed by atoms with Gasteiger partial charge in [-0.2, -0.15) is 0 Å². The summed E-state index contributed by atoms with van der Waals surface area (Å²) in [5, 5.41) is 42.9. The summed E-state index contributed by atoms with van der Waals surface area (Å²) >= 11 is 0. The van der Waals surface area contributed by atoms with Crippen LogP contribution in [0.4, 0.5) is 0 Å². The van der Waals surface area contributed by atoms with Crippen LogP contribution in [0, 0.1) is 0 Å². The van der Waals surface area contributed by atoms with Crippen molar-refractivity contribution in [3.05, 3.63) is 133 Å². The minimum absolute atomic E-state index is 0.00994. The van der Waals surface area contributed by atoms with Gasteiger partial charge in [0.15, 0.2) is 34.1 Å². The summed E-state index contributed by atoms with van der Waals surface area (Å²) in [6, 6.07) is 22.2. The zero-order valence-corrected chi connectivity index (χ0v) is 24.4. The van der Waals surface area contributed by atoms with Crippen molar-refractivity contribution in [1.29, 1.82) is 0 Å². The summed E-state index contributed by atoms with van der Waals surface area (Å²) in [5.41, 5.74) is 0.769. The second-order valence-corrected chi connectivity index (χ2v) is 11.1. The van der Waals surface area contributed by atoms with Crippen LogP contribution in [0.1, 0.15) is 46.2 Å². The Morgan fingerprint density at radius 3 is 2.07 bits per heavy atom. The molecule has 0 saturated heterocycles. The van der Waals surface area contributed by atoms with Gasteiger partial charge in [0, 0.05) is 31.0 Å². The Labute approximate surface area is 257 Å². The van der Waals surface area contributed by atoms with Crippen molar-refractivity contribution in [2.45, 2.75) is 50.1 Å². The predicted octanol–water partition coefficient (Wildman–Crippen LogP) is 3.92. The Balaban J connectivity index is 1.36. The third-order valence-electron chi connectivity index (χ3n) is 8.01. The summed E-state index contributed by atoms with van der Waals surface area (Å²) in [6.45, 7) is 0. The Bertz CT molecular complexity index is 1930. The standard InChI is InChI=1S/C35H32O10/c1-42-22-11-7-20(8-12-22)10-14-24-18-27(38)29-30(39)31(40)32(41)35(34(29)44-24)45-28-16-21(36)15-25-26(37)17-23(43-33(25)28)13-9-19-5-3-2-4-6-19/h2-8,11-12,15-18,30-32,35-36,39-41H,9-10,13-14H2,1H3/t30-,31+,32+,35-/m0/s1. The highest BCUT2D eigenvalue weighted by molar-refractivity contribution is 5.84. The molecule has 10 heteroatoms. The number of aromatic hydroxyl groups is 1. The Hall–Kier alpha value is -4.90. The number of benzene rings is 3. The monoisotopic (exact) mass is 612 g/mol. The SMILES string of the molecule is COc1ccc(CCc2cc(=O)c3c(o2)[C@@H](Oc2cc(O)cc4c(=O)cc(CCc5ccccc5)oc24)[C@H](O)[C@H](O)[C@H]3O)cc1. The minimum Gasteiger partial charge on any atom is -0.508 e. The Kier molecular flexibility index (Phi) is 8.44. The fraction of sp³-hybridized carbons (Fsp3) is 0.257. The smallest absolute Gasteiger partial charge is 0.193 e. The van der Waals surface area contributed by atoms with Crippen molar-refractivity contribution < 1.29 is 38.7 Å². The van der Waals surface area contributed by atoms with Crippen LogP contribution in [0.3, 0.4) is 0 Å². The van der Waals surface area contributed by atoms with Gasteiger partial charge in [0.05, 0.1) is 18.1 Å². The van der Waals surface area contributed by atoms with Gasteiger partial charge in [-0.25, -0.2) is 0 Å². The maximum Gasteiger partial charge on any atom is 0.193 e. The number of aliphatic hydroxyl groups excluding tert-OH is 3. The van der Waals surface area contributed by atoms with E-state index in [4.69, 9.17) is 18.3 Å². The molecule has 4 atom stereocenters. The van der Waals surface area contributed by atoms with E-state index in [0.29, 0.717) is 37.2 Å². The van der Waals surface area contributed by atoms with Crippen LogP contribution in [-0.2, 0) is 25.7 Å². The molecule has 6 rings (SSSR count). The van der Waals surface area contributed by atoms with Crippen molar-refractivity contribution >= 4 is 11.0 Å². The van der Waals surface area contributed by atoms with Crippen molar-refractivity contribution in [2.24, 2.45) is 0 Å². The van der Waals surface area contributed by atoms with E-state index in [2.05, 4.69) is 0 Å². The van der Waals surface area contributed by atoms with E-state index in [1.807, 2.05) is 54.6 Å². The topological polar surface area (TPSA) is 160 Å². The molecule has 0 bridgehead atoms. The van der Waals surface area contributed by atoms with E-state index in [0.717, 1.165) is 11.1 Å². The van der Waals surface area contributed by atoms with E-state index in [1.165, 1.54) is 24.3 Å². The van der Waals surface area contributed by atoms with Gasteiger partial charge >= 0.3 is 0 Å². The lowest BCUT2D eigenvalue weighted by molar-refractivity contribution is -0.121. The molecule has 3 aromatic carbocycles. The molecular formula is C35H32O10. The molecule has 232 valence electrons. The highest BCUT2D eigenvalue weighted by atomic mass is 16.5. The van der Waals surface area contributed by atoms with Gasteiger partial charge in [-0.05, 0) is 42.2 Å². The summed E-state index contributed by atoms with van der Waals surface area (Å²) in [5.74, 6) is 0.765. The van der Waals surface area contributed by atoms with E-state index in [-0.39, 0.29) is 39.6 Å². The highest BCUT2D eigenvalue weighted by Gasteiger charge is 2.46. The molecule has 0 unspecified atom stereocenters. The van der Waals surface area contributed by atoms with Crippen LogP contribution in [0.5, 0.6) is 17.2 Å². The maximum absolute atomic E-state index is 13.2. The zero-order valence-electron chi connectivity index (χ0n) is 24.4. The molecule has 1 aliphatic carbocycles. The molecule has 4 N–H and O–H groups in total. The molecule has 10 nitrogen and oxygen atoms in total. The van der Waals surface area contributed by atoms with Gasteiger partial charge in [-0.15, -0.1) is 0 Å². The molecule has 0 fully saturated rings. The predicted molar refractivity (Wildman–Crippen MR) is 164 cm³/mol. The van der Waals surface area contributed by atoms with Crippen molar-refractivity contribution in [3.8, 4) is 17.2 Å². The number of hydrogen-bond donors (Lipinski definition) is 4. The van der Waals surface area contributed by atoms with Crippen molar-refractivity contribution in [3.63, 3.8) is 0 Å². The van der Waals surface area contributed by atoms with Crippen molar-refractivity contribution in [2.75, 3.05) is 7.11 Å². The number of rotatable bonds is 9. The summed E-state index contributed by atoms with van der Waals surface area (Å²) in [4.78, 5) is 26.3. The van der Waals surface area contributed by atoms with Crippen LogP contribution in [0.25, 0.3) is 11.0 Å². The molecule has 1 aliphatic rings. The number of ether oxygens (including phenoxy) is 2. The molecule has 2 aromatic heterocycles. The summed E-state index contributed by atoms with van der Waals surface area (Å²) < 4.78 is 23.5. The van der Waals surface area contributed by atoms with Gasteiger partial charge in [-0.1, -0.05) is 42.5 Å². The van der Waals surface area contributed by atoms with E-state index < -0.39 is 35.3 Å². The number of methoxy groups -OCH3 is 1. The maximum atomic E-state index is 13.2. The zero-order chi connectivity index (χ0) is 31.7. The first-order valence-corrected chi connectivity index (χ1v) is 14.6. The molecule has 0 amide bonds. The van der Waals surface area contributed by atoms with Gasteiger partial charge in [-0.3, -0.25) is 9.59 Å². The van der Waals surface area contributed by atoms with Gasteiger partial charge in [0.25, 0.3) is 0 Å². The summed E-state index contributed by atoms with van der Waals surface area (Å²) in [6.07, 6.45) is -4.91. The van der Waals surface area contributed by atoms with E-state index in [9.17, 15) is 30.0 Å². The third-order valence-corrected chi connectivity index (χ3v) is 8.01. The molecule has 0 spiro atoms. The van der Waals surface area contributed by atoms with E-state index >= 15 is 0 Å². The lowest BCUT2D eigenvalue weighted by Gasteiger charge is -2.35. The van der Waals surface area contributed by atoms with Crippen LogP contribution >= 0.6 is 0 Å². The minimum atomic E-state index is -1.78. The molecular weight excluding hydrogens is 580 g/mol. The number of aliphatic hydroxyl groups is 3. The summed E-state index contributed by atoms with van der Waals surface area (Å²) in [7, 11) is 1.58. The van der Waals surface area contributed by atoms with Gasteiger partial charge in [0.1, 0.15) is 41.3 Å². The number of phenolic OH excluding ortho intramolecular Hbond substituents is 1.